The highest BCUT2D eigenvalue weighted by molar-refractivity contribution is 5.32. The SMILES string of the molecule is N#CCCN(CC1CC1)CC(O)c1ccc(C#N)cc1. The van der Waals surface area contributed by atoms with Gasteiger partial charge in [-0.1, -0.05) is 12.1 Å². The molecule has 1 aliphatic carbocycles. The number of aliphatic hydroxyl groups excluding tert-OH is 1. The van der Waals surface area contributed by atoms with Crippen molar-refractivity contribution in [2.75, 3.05) is 19.6 Å². The minimum Gasteiger partial charge on any atom is -0.387 e. The molecule has 1 unspecified atom stereocenters. The summed E-state index contributed by atoms with van der Waals surface area (Å²) in [5.74, 6) is 0.738. The highest BCUT2D eigenvalue weighted by atomic mass is 16.3. The Hall–Kier alpha value is -1.88. The first-order valence-electron chi connectivity index (χ1n) is 7.00. The molecule has 2 rings (SSSR count). The Labute approximate surface area is 119 Å². The maximum atomic E-state index is 10.3. The van der Waals surface area contributed by atoms with Crippen LogP contribution in [0.5, 0.6) is 0 Å². The predicted octanol–water partition coefficient (Wildman–Crippen LogP) is 2.22. The molecular formula is C16H19N3O. The van der Waals surface area contributed by atoms with E-state index in [4.69, 9.17) is 10.5 Å². The van der Waals surface area contributed by atoms with Gasteiger partial charge in [0.1, 0.15) is 0 Å². The van der Waals surface area contributed by atoms with Crippen molar-refractivity contribution in [2.45, 2.75) is 25.4 Å². The van der Waals surface area contributed by atoms with E-state index in [-0.39, 0.29) is 0 Å². The quantitative estimate of drug-likeness (QED) is 0.824. The molecule has 0 bridgehead atoms. The van der Waals surface area contributed by atoms with Gasteiger partial charge in [-0.05, 0) is 36.5 Å². The van der Waals surface area contributed by atoms with Crippen molar-refractivity contribution in [1.29, 1.82) is 10.5 Å². The molecule has 4 nitrogen and oxygen atoms in total. The minimum atomic E-state index is -0.569. The summed E-state index contributed by atoms with van der Waals surface area (Å²) in [6.45, 7) is 2.22. The van der Waals surface area contributed by atoms with Crippen LogP contribution in [0.2, 0.25) is 0 Å². The first-order valence-corrected chi connectivity index (χ1v) is 7.00. The van der Waals surface area contributed by atoms with Gasteiger partial charge in [0.25, 0.3) is 0 Å². The third-order valence-electron chi connectivity index (χ3n) is 3.61. The van der Waals surface area contributed by atoms with Crippen molar-refractivity contribution < 1.29 is 5.11 Å². The van der Waals surface area contributed by atoms with E-state index in [2.05, 4.69) is 17.0 Å². The molecule has 1 aromatic carbocycles. The van der Waals surface area contributed by atoms with Crippen molar-refractivity contribution in [2.24, 2.45) is 5.92 Å². The number of hydrogen-bond acceptors (Lipinski definition) is 4. The van der Waals surface area contributed by atoms with E-state index in [0.29, 0.717) is 25.1 Å². The van der Waals surface area contributed by atoms with Crippen LogP contribution in [-0.2, 0) is 0 Å². The van der Waals surface area contributed by atoms with Crippen LogP contribution in [0.4, 0.5) is 0 Å². The average molecular weight is 269 g/mol. The van der Waals surface area contributed by atoms with E-state index in [1.807, 2.05) is 0 Å². The van der Waals surface area contributed by atoms with E-state index in [1.54, 1.807) is 24.3 Å². The third kappa shape index (κ3) is 4.35. The van der Waals surface area contributed by atoms with Gasteiger partial charge in [0, 0.05) is 26.1 Å². The second kappa shape index (κ2) is 7.05. The zero-order valence-electron chi connectivity index (χ0n) is 11.5. The summed E-state index contributed by atoms with van der Waals surface area (Å²) in [4.78, 5) is 2.17. The molecule has 104 valence electrons. The number of benzene rings is 1. The van der Waals surface area contributed by atoms with Crippen molar-refractivity contribution in [3.05, 3.63) is 35.4 Å². The Kier molecular flexibility index (Phi) is 5.12. The second-order valence-electron chi connectivity index (χ2n) is 5.36. The molecular weight excluding hydrogens is 250 g/mol. The Morgan fingerprint density at radius 1 is 1.25 bits per heavy atom. The zero-order chi connectivity index (χ0) is 14.4. The molecule has 0 heterocycles. The van der Waals surface area contributed by atoms with Crippen LogP contribution in [-0.4, -0.2) is 29.6 Å². The highest BCUT2D eigenvalue weighted by Crippen LogP contribution is 2.30. The number of aliphatic hydroxyl groups is 1. The Balaban J connectivity index is 1.93. The second-order valence-corrected chi connectivity index (χ2v) is 5.36. The average Bonchev–Trinajstić information content (AvgIpc) is 3.28. The molecule has 0 radical (unpaired) electrons. The van der Waals surface area contributed by atoms with Crippen LogP contribution in [0, 0.1) is 28.6 Å². The van der Waals surface area contributed by atoms with E-state index < -0.39 is 6.10 Å². The van der Waals surface area contributed by atoms with Gasteiger partial charge in [-0.3, -0.25) is 4.90 Å². The molecule has 4 heteroatoms. The monoisotopic (exact) mass is 269 g/mol. The zero-order valence-corrected chi connectivity index (χ0v) is 11.5. The van der Waals surface area contributed by atoms with Crippen molar-refractivity contribution in [3.8, 4) is 12.1 Å². The van der Waals surface area contributed by atoms with Gasteiger partial charge < -0.3 is 5.11 Å². The molecule has 0 aromatic heterocycles. The van der Waals surface area contributed by atoms with E-state index in [9.17, 15) is 5.11 Å². The fraction of sp³-hybridized carbons (Fsp3) is 0.500. The highest BCUT2D eigenvalue weighted by Gasteiger charge is 2.25. The lowest BCUT2D eigenvalue weighted by Crippen LogP contribution is -2.31. The van der Waals surface area contributed by atoms with E-state index >= 15 is 0 Å². The van der Waals surface area contributed by atoms with Crippen LogP contribution in [0.1, 0.15) is 36.5 Å². The molecule has 0 spiro atoms. The molecule has 1 fully saturated rings. The van der Waals surface area contributed by atoms with Gasteiger partial charge in [0.2, 0.25) is 0 Å². The van der Waals surface area contributed by atoms with Crippen LogP contribution in [0.3, 0.4) is 0 Å². The lowest BCUT2D eigenvalue weighted by molar-refractivity contribution is 0.111. The lowest BCUT2D eigenvalue weighted by Gasteiger charge is -2.24. The summed E-state index contributed by atoms with van der Waals surface area (Å²) in [5, 5.41) is 27.7. The van der Waals surface area contributed by atoms with Gasteiger partial charge in [-0.2, -0.15) is 10.5 Å². The van der Waals surface area contributed by atoms with Crippen LogP contribution in [0.15, 0.2) is 24.3 Å². The first-order chi connectivity index (χ1) is 9.72. The summed E-state index contributed by atoms with van der Waals surface area (Å²) in [7, 11) is 0. The van der Waals surface area contributed by atoms with Crippen molar-refractivity contribution in [1.82, 2.24) is 4.90 Å². The number of hydrogen-bond donors (Lipinski definition) is 1. The fourth-order valence-corrected chi connectivity index (χ4v) is 2.26. The van der Waals surface area contributed by atoms with Crippen LogP contribution in [0.25, 0.3) is 0 Å². The maximum Gasteiger partial charge on any atom is 0.0991 e. The molecule has 1 N–H and O–H groups in total. The van der Waals surface area contributed by atoms with Gasteiger partial charge in [-0.15, -0.1) is 0 Å². The maximum absolute atomic E-state index is 10.3. The minimum absolute atomic E-state index is 0.493. The van der Waals surface area contributed by atoms with Gasteiger partial charge in [0.05, 0.1) is 23.8 Å². The Morgan fingerprint density at radius 3 is 2.50 bits per heavy atom. The normalized spacial score (nSPS) is 15.6. The molecule has 0 saturated heterocycles. The van der Waals surface area contributed by atoms with E-state index in [0.717, 1.165) is 18.0 Å². The number of rotatable bonds is 7. The summed E-state index contributed by atoms with van der Waals surface area (Å²) < 4.78 is 0. The standard InChI is InChI=1S/C16H19N3O/c17-8-1-9-19(11-14-2-3-14)12-16(20)15-6-4-13(10-18)5-7-15/h4-7,14,16,20H,1-3,9,11-12H2. The molecule has 1 saturated carbocycles. The first kappa shape index (κ1) is 14.5. The van der Waals surface area contributed by atoms with Crippen molar-refractivity contribution >= 4 is 0 Å². The molecule has 1 atom stereocenters. The number of nitriles is 2. The molecule has 1 aliphatic rings. The molecule has 20 heavy (non-hydrogen) atoms. The van der Waals surface area contributed by atoms with Crippen molar-refractivity contribution in [3.63, 3.8) is 0 Å². The summed E-state index contributed by atoms with van der Waals surface area (Å²) >= 11 is 0. The predicted molar refractivity (Wildman–Crippen MR) is 75.5 cm³/mol. The Morgan fingerprint density at radius 2 is 1.95 bits per heavy atom. The lowest BCUT2D eigenvalue weighted by atomic mass is 10.1. The number of nitrogens with zero attached hydrogens (tertiary/aromatic N) is 3. The largest absolute Gasteiger partial charge is 0.387 e. The molecule has 0 aliphatic heterocycles. The summed E-state index contributed by atoms with van der Waals surface area (Å²) in [5.41, 5.74) is 1.42. The third-order valence-corrected chi connectivity index (χ3v) is 3.61. The van der Waals surface area contributed by atoms with Gasteiger partial charge >= 0.3 is 0 Å². The molecule has 0 amide bonds. The topological polar surface area (TPSA) is 71.1 Å². The Bertz CT molecular complexity index is 508. The fourth-order valence-electron chi connectivity index (χ4n) is 2.26. The van der Waals surface area contributed by atoms with Crippen LogP contribution >= 0.6 is 0 Å². The smallest absolute Gasteiger partial charge is 0.0991 e. The molecule has 1 aromatic rings. The van der Waals surface area contributed by atoms with Gasteiger partial charge in [-0.25, -0.2) is 0 Å². The van der Waals surface area contributed by atoms with E-state index in [1.165, 1.54) is 12.8 Å². The summed E-state index contributed by atoms with van der Waals surface area (Å²) in [6.07, 6.45) is 2.44. The van der Waals surface area contributed by atoms with Gasteiger partial charge in [0.15, 0.2) is 0 Å². The summed E-state index contributed by atoms with van der Waals surface area (Å²) in [6, 6.07) is 11.3. The van der Waals surface area contributed by atoms with Crippen LogP contribution < -0.4 is 0 Å².